The normalized spacial score (nSPS) is 28.1. The van der Waals surface area contributed by atoms with Crippen molar-refractivity contribution in [2.75, 3.05) is 0 Å². The van der Waals surface area contributed by atoms with Crippen LogP contribution in [-0.4, -0.2) is 0 Å². The third-order valence-electron chi connectivity index (χ3n) is 5.85. The molecule has 2 saturated carbocycles. The van der Waals surface area contributed by atoms with E-state index in [9.17, 15) is 6.80 Å². The molecule has 0 atom stereocenters. The Labute approximate surface area is 174 Å². The van der Waals surface area contributed by atoms with Gasteiger partial charge in [-0.15, -0.1) is 0 Å². The Morgan fingerprint density at radius 2 is 0.500 bits per heavy atom. The molecule has 3 aliphatic rings. The number of rotatable bonds is 0. The molecule has 0 aromatic heterocycles. The maximum atomic E-state index is 9.76. The van der Waals surface area contributed by atoms with Gasteiger partial charge >= 0.3 is 47.0 Å². The minimum atomic E-state index is -2.75. The van der Waals surface area contributed by atoms with Crippen LogP contribution in [0, 0.1) is 59.2 Å². The van der Waals surface area contributed by atoms with Crippen LogP contribution in [-0.2, 0) is 47.0 Å². The van der Waals surface area contributed by atoms with Crippen LogP contribution >= 0.6 is 0 Å². The maximum absolute atomic E-state index is 9.76. The monoisotopic (exact) mass is 530 g/mol. The van der Waals surface area contributed by atoms with Crippen LogP contribution in [0.2, 0.25) is 0 Å². The molecule has 1 aliphatic heterocycles. The standard InChI is InChI=1S/2C10H15.2Mo.4O/c2*1-6-7(2)9(4)10(5)8(6)3;;;;;;/h2*1-5H3;;;;;;. The summed E-state index contributed by atoms with van der Waals surface area (Å²) in [4.78, 5) is 0. The molecule has 0 amide bonds. The third kappa shape index (κ3) is 5.95. The van der Waals surface area contributed by atoms with Crippen molar-refractivity contribution in [3.63, 3.8) is 0 Å². The Bertz CT molecular complexity index is 357. The van der Waals surface area contributed by atoms with Crippen LogP contribution in [0.4, 0.5) is 0 Å². The SMILES string of the molecule is C[C]1[C](C)[C](C)[C](C)[C]1C.C[C]1[C](C)[C](C)[C](C)[C]1C.[O]=[Mo]1[O][Mo](=[O])[O]1. The van der Waals surface area contributed by atoms with Crippen LogP contribution in [0.25, 0.3) is 0 Å². The first-order valence-electron chi connectivity index (χ1n) is 8.50. The first-order chi connectivity index (χ1) is 11.9. The van der Waals surface area contributed by atoms with Crippen molar-refractivity contribution >= 4 is 0 Å². The molecule has 146 valence electrons. The zero-order valence-electron chi connectivity index (χ0n) is 17.4. The zero-order valence-corrected chi connectivity index (χ0v) is 21.5. The van der Waals surface area contributed by atoms with E-state index in [1.165, 1.54) is 59.2 Å². The van der Waals surface area contributed by atoms with Gasteiger partial charge in [-0.05, 0) is 59.2 Å². The summed E-state index contributed by atoms with van der Waals surface area (Å²) in [6, 6.07) is 0. The average Bonchev–Trinajstić information content (AvgIpc) is 2.86. The molecule has 0 N–H and O–H groups in total. The molecule has 0 aromatic rings. The van der Waals surface area contributed by atoms with Crippen LogP contribution in [0.3, 0.4) is 0 Å². The molecule has 2 aliphatic carbocycles. The molecule has 0 bridgehead atoms. The van der Waals surface area contributed by atoms with E-state index >= 15 is 0 Å². The molecule has 1 saturated heterocycles. The van der Waals surface area contributed by atoms with Crippen molar-refractivity contribution in [3.05, 3.63) is 59.2 Å². The zero-order chi connectivity index (χ0) is 20.3. The Morgan fingerprint density at radius 1 is 0.385 bits per heavy atom. The van der Waals surface area contributed by atoms with Crippen molar-refractivity contribution in [1.82, 2.24) is 0 Å². The summed E-state index contributed by atoms with van der Waals surface area (Å²) in [5.41, 5.74) is 0. The second kappa shape index (κ2) is 10.6. The van der Waals surface area contributed by atoms with Crippen molar-refractivity contribution in [1.29, 1.82) is 0 Å². The average molecular weight is 526 g/mol. The van der Waals surface area contributed by atoms with E-state index in [1.54, 1.807) is 0 Å². The molecule has 1 heterocycles. The van der Waals surface area contributed by atoms with Gasteiger partial charge in [0.1, 0.15) is 0 Å². The first-order valence-corrected chi connectivity index (χ1v) is 13.4. The Hall–Kier alpha value is 0.897. The van der Waals surface area contributed by atoms with E-state index in [-0.39, 0.29) is 0 Å². The Kier molecular flexibility index (Phi) is 10.2. The molecule has 26 heavy (non-hydrogen) atoms. The van der Waals surface area contributed by atoms with Gasteiger partial charge in [0.25, 0.3) is 0 Å². The summed E-state index contributed by atoms with van der Waals surface area (Å²) in [7, 11) is 0. The van der Waals surface area contributed by atoms with Crippen LogP contribution in [0.15, 0.2) is 0 Å². The van der Waals surface area contributed by atoms with Gasteiger partial charge in [-0.25, -0.2) is 0 Å². The number of hydrogen-bond acceptors (Lipinski definition) is 4. The van der Waals surface area contributed by atoms with Gasteiger partial charge in [0, 0.05) is 0 Å². The molecule has 3 fully saturated rings. The van der Waals surface area contributed by atoms with Gasteiger partial charge in [0.2, 0.25) is 0 Å². The fourth-order valence-corrected chi connectivity index (χ4v) is 6.17. The predicted molar refractivity (Wildman–Crippen MR) is 92.7 cm³/mol. The summed E-state index contributed by atoms with van der Waals surface area (Å²) in [5, 5.41) is 0. The molecule has 0 unspecified atom stereocenters. The van der Waals surface area contributed by atoms with Crippen LogP contribution < -0.4 is 0 Å². The minimum absolute atomic E-state index is 1.47. The van der Waals surface area contributed by atoms with Gasteiger partial charge < -0.3 is 0 Å². The van der Waals surface area contributed by atoms with Crippen molar-refractivity contribution in [3.8, 4) is 0 Å². The molecule has 10 radical (unpaired) electrons. The Balaban J connectivity index is 0.000000201. The van der Waals surface area contributed by atoms with Gasteiger partial charge in [-0.1, -0.05) is 69.2 Å². The van der Waals surface area contributed by atoms with Gasteiger partial charge in [0.15, 0.2) is 0 Å². The fraction of sp³-hybridized carbons (Fsp3) is 0.500. The summed E-state index contributed by atoms with van der Waals surface area (Å²) in [6.45, 7) is 22.0. The second-order valence-electron chi connectivity index (χ2n) is 6.79. The van der Waals surface area contributed by atoms with E-state index in [0.717, 1.165) is 0 Å². The third-order valence-corrected chi connectivity index (χ3v) is 13.4. The van der Waals surface area contributed by atoms with Gasteiger partial charge in [0.05, 0.1) is 0 Å². The first kappa shape index (κ1) is 24.9. The predicted octanol–water partition coefficient (Wildman–Crippen LogP) is 5.56. The van der Waals surface area contributed by atoms with Crippen molar-refractivity contribution < 1.29 is 47.0 Å². The molecule has 3 rings (SSSR count). The van der Waals surface area contributed by atoms with Crippen LogP contribution in [0.1, 0.15) is 69.2 Å². The molecule has 4 nitrogen and oxygen atoms in total. The molecular formula is C20H30Mo2O4. The quantitative estimate of drug-likeness (QED) is 0.388. The van der Waals surface area contributed by atoms with Gasteiger partial charge in [-0.3, -0.25) is 0 Å². The van der Waals surface area contributed by atoms with Crippen molar-refractivity contribution in [2.24, 2.45) is 0 Å². The summed E-state index contributed by atoms with van der Waals surface area (Å²) in [6.07, 6.45) is 0. The molecule has 0 spiro atoms. The van der Waals surface area contributed by atoms with Crippen LogP contribution in [0.5, 0.6) is 0 Å². The molecular weight excluding hydrogens is 496 g/mol. The van der Waals surface area contributed by atoms with Gasteiger partial charge in [-0.2, -0.15) is 0 Å². The number of hydrogen-bond donors (Lipinski definition) is 0. The topological polar surface area (TPSA) is 52.6 Å². The summed E-state index contributed by atoms with van der Waals surface area (Å²) >= 11 is -5.51. The molecule has 0 aromatic carbocycles. The second-order valence-corrected chi connectivity index (χ2v) is 13.4. The summed E-state index contributed by atoms with van der Waals surface area (Å²) < 4.78 is 27.8. The van der Waals surface area contributed by atoms with E-state index in [1.807, 2.05) is 0 Å². The summed E-state index contributed by atoms with van der Waals surface area (Å²) in [5.74, 6) is 14.7. The molecule has 6 heteroatoms. The fourth-order valence-electron chi connectivity index (χ4n) is 2.91. The van der Waals surface area contributed by atoms with E-state index in [0.29, 0.717) is 0 Å². The van der Waals surface area contributed by atoms with Crippen molar-refractivity contribution in [2.45, 2.75) is 69.2 Å². The van der Waals surface area contributed by atoms with E-state index in [2.05, 4.69) is 73.3 Å². The van der Waals surface area contributed by atoms with E-state index in [4.69, 9.17) is 0 Å². The van der Waals surface area contributed by atoms with E-state index < -0.39 is 36.1 Å². The Morgan fingerprint density at radius 3 is 0.538 bits per heavy atom.